The van der Waals surface area contributed by atoms with Crippen molar-refractivity contribution in [3.8, 4) is 0 Å². The van der Waals surface area contributed by atoms with Crippen LogP contribution in [0.15, 0.2) is 12.1 Å². The van der Waals surface area contributed by atoms with E-state index in [2.05, 4.69) is 34.7 Å². The summed E-state index contributed by atoms with van der Waals surface area (Å²) in [5.41, 5.74) is 3.65. The highest BCUT2D eigenvalue weighted by Crippen LogP contribution is 2.23. The van der Waals surface area contributed by atoms with E-state index in [0.29, 0.717) is 13.0 Å². The van der Waals surface area contributed by atoms with E-state index in [-0.39, 0.29) is 12.1 Å². The maximum absolute atomic E-state index is 10.5. The number of fused-ring (bicyclic) bond motifs is 1. The van der Waals surface area contributed by atoms with E-state index >= 15 is 0 Å². The third kappa shape index (κ3) is 4.45. The average Bonchev–Trinajstić information content (AvgIpc) is 2.60. The molecule has 0 unspecified atom stereocenters. The van der Waals surface area contributed by atoms with Crippen LogP contribution < -0.4 is 4.57 Å². The van der Waals surface area contributed by atoms with Crippen LogP contribution in [-0.4, -0.2) is 25.1 Å². The lowest BCUT2D eigenvalue weighted by molar-refractivity contribution is -0.673. The summed E-state index contributed by atoms with van der Waals surface area (Å²) in [6, 6.07) is 4.32. The summed E-state index contributed by atoms with van der Waals surface area (Å²) in [6.07, 6.45) is 0.518. The van der Waals surface area contributed by atoms with Gasteiger partial charge in [-0.1, -0.05) is 11.3 Å². The summed E-state index contributed by atoms with van der Waals surface area (Å²) in [6.45, 7) is 6.85. The van der Waals surface area contributed by atoms with Gasteiger partial charge in [0, 0.05) is 19.4 Å². The van der Waals surface area contributed by atoms with Crippen molar-refractivity contribution in [3.63, 3.8) is 0 Å². The van der Waals surface area contributed by atoms with Crippen LogP contribution in [0.1, 0.15) is 22.6 Å². The quantitative estimate of drug-likeness (QED) is 0.513. The van der Waals surface area contributed by atoms with Crippen molar-refractivity contribution < 1.29 is 27.2 Å². The second-order valence-corrected chi connectivity index (χ2v) is 7.11. The van der Waals surface area contributed by atoms with Gasteiger partial charge in [-0.15, -0.1) is 0 Å². The van der Waals surface area contributed by atoms with Gasteiger partial charge in [0.15, 0.2) is 6.54 Å². The summed E-state index contributed by atoms with van der Waals surface area (Å²) < 4.78 is 37.2. The van der Waals surface area contributed by atoms with Crippen LogP contribution in [-0.2, 0) is 21.1 Å². The molecule has 1 aromatic carbocycles. The van der Waals surface area contributed by atoms with Gasteiger partial charge in [-0.05, 0) is 31.0 Å². The Hall–Kier alpha value is -1.06. The minimum absolute atomic E-state index is 0. The molecule has 0 amide bonds. The van der Waals surface area contributed by atoms with E-state index in [0.717, 1.165) is 10.5 Å². The molecule has 21 heavy (non-hydrogen) atoms. The lowest BCUT2D eigenvalue weighted by Crippen LogP contribution is -2.35. The number of thiazole rings is 1. The molecule has 1 heterocycles. The summed E-state index contributed by atoms with van der Waals surface area (Å²) in [4.78, 5) is 0. The SMILES string of the molecule is Cc1cc2sc(C)[n+](CCCOS(=O)(=O)O)c2cc1C.[OH-]. The lowest BCUT2D eigenvalue weighted by atomic mass is 10.1. The molecule has 0 saturated heterocycles. The van der Waals surface area contributed by atoms with E-state index in [9.17, 15) is 8.42 Å². The van der Waals surface area contributed by atoms with E-state index in [1.807, 2.05) is 6.92 Å². The highest BCUT2D eigenvalue weighted by atomic mass is 32.3. The van der Waals surface area contributed by atoms with Crippen LogP contribution >= 0.6 is 11.3 Å². The molecule has 2 rings (SSSR count). The van der Waals surface area contributed by atoms with Gasteiger partial charge in [0.05, 0.1) is 6.61 Å². The molecule has 0 spiro atoms. The molecule has 1 aromatic heterocycles. The Bertz CT molecular complexity index is 737. The molecular weight excluding hydrogens is 314 g/mol. The highest BCUT2D eigenvalue weighted by Gasteiger charge is 2.18. The van der Waals surface area contributed by atoms with Crippen LogP contribution in [0.3, 0.4) is 0 Å². The second-order valence-electron chi connectivity index (χ2n) is 4.78. The van der Waals surface area contributed by atoms with E-state index in [4.69, 9.17) is 4.55 Å². The van der Waals surface area contributed by atoms with Crippen molar-refractivity contribution in [1.82, 2.24) is 0 Å². The average molecular weight is 333 g/mol. The Kier molecular flexibility index (Phi) is 5.83. The number of hydrogen-bond acceptors (Lipinski definition) is 5. The zero-order valence-corrected chi connectivity index (χ0v) is 13.8. The number of hydrogen-bond donors (Lipinski definition) is 1. The van der Waals surface area contributed by atoms with Gasteiger partial charge in [0.1, 0.15) is 4.70 Å². The molecule has 118 valence electrons. The lowest BCUT2D eigenvalue weighted by Gasteiger charge is -2.00. The Balaban J connectivity index is 0.00000220. The number of nitrogens with zero attached hydrogens (tertiary/aromatic N) is 1. The highest BCUT2D eigenvalue weighted by molar-refractivity contribution is 7.80. The number of rotatable bonds is 5. The number of benzene rings is 1. The van der Waals surface area contributed by atoms with E-state index in [1.165, 1.54) is 15.8 Å². The largest absolute Gasteiger partial charge is 0.870 e. The first-order valence-corrected chi connectivity index (χ1v) is 8.48. The van der Waals surface area contributed by atoms with Crippen molar-refractivity contribution >= 4 is 32.0 Å². The normalized spacial score (nSPS) is 11.6. The molecule has 0 aliphatic heterocycles. The first-order valence-electron chi connectivity index (χ1n) is 6.30. The maximum atomic E-state index is 10.5. The molecule has 8 heteroatoms. The van der Waals surface area contributed by atoms with Gasteiger partial charge in [-0.25, -0.2) is 4.18 Å². The first kappa shape index (κ1) is 18.0. The van der Waals surface area contributed by atoms with Crippen molar-refractivity contribution in [2.24, 2.45) is 0 Å². The first-order chi connectivity index (χ1) is 9.28. The summed E-state index contributed by atoms with van der Waals surface area (Å²) in [5, 5.41) is 1.16. The predicted molar refractivity (Wildman–Crippen MR) is 80.3 cm³/mol. The molecule has 2 aromatic rings. The fraction of sp³-hybridized carbons (Fsp3) is 0.462. The topological polar surface area (TPSA) is 97.5 Å². The standard InChI is InChI=1S/C13H17NO4S2.H2O/c1-9-7-12-13(8-10(9)2)19-11(3)14(12)5-4-6-18-20(15,16)17;/h7-8H,4-6H2,1-3H3;1H2. The van der Waals surface area contributed by atoms with Crippen LogP contribution in [0.4, 0.5) is 0 Å². The Morgan fingerprint density at radius 2 is 1.86 bits per heavy atom. The second kappa shape index (κ2) is 6.80. The monoisotopic (exact) mass is 333 g/mol. The minimum atomic E-state index is -4.34. The van der Waals surface area contributed by atoms with Crippen LogP contribution in [0.25, 0.3) is 10.2 Å². The van der Waals surface area contributed by atoms with Crippen molar-refractivity contribution in [2.75, 3.05) is 6.61 Å². The van der Waals surface area contributed by atoms with Crippen LogP contribution in [0.5, 0.6) is 0 Å². The molecule has 0 fully saturated rings. The van der Waals surface area contributed by atoms with Crippen molar-refractivity contribution in [2.45, 2.75) is 33.7 Å². The van der Waals surface area contributed by atoms with Gasteiger partial charge >= 0.3 is 10.4 Å². The van der Waals surface area contributed by atoms with Gasteiger partial charge in [-0.3, -0.25) is 4.55 Å². The van der Waals surface area contributed by atoms with Gasteiger partial charge in [0.2, 0.25) is 10.5 Å². The smallest absolute Gasteiger partial charge is 0.397 e. The fourth-order valence-corrected chi connectivity index (χ4v) is 3.57. The fourth-order valence-electron chi connectivity index (χ4n) is 2.12. The van der Waals surface area contributed by atoms with Gasteiger partial charge < -0.3 is 5.48 Å². The van der Waals surface area contributed by atoms with Crippen molar-refractivity contribution in [1.29, 1.82) is 0 Å². The Morgan fingerprint density at radius 1 is 1.24 bits per heavy atom. The molecule has 0 atom stereocenters. The molecule has 0 radical (unpaired) electrons. The summed E-state index contributed by atoms with van der Waals surface area (Å²) >= 11 is 1.72. The Morgan fingerprint density at radius 3 is 2.48 bits per heavy atom. The zero-order chi connectivity index (χ0) is 14.9. The molecule has 0 bridgehead atoms. The Labute approximate surface area is 128 Å². The van der Waals surface area contributed by atoms with Gasteiger partial charge in [-0.2, -0.15) is 13.0 Å². The molecular formula is C13H19NO5S2. The predicted octanol–water partition coefficient (Wildman–Crippen LogP) is 2.15. The van der Waals surface area contributed by atoms with Crippen molar-refractivity contribution in [3.05, 3.63) is 28.3 Å². The summed E-state index contributed by atoms with van der Waals surface area (Å²) in [7, 11) is -4.34. The number of aromatic nitrogens is 1. The number of aryl methyl sites for hydroxylation is 4. The van der Waals surface area contributed by atoms with E-state index in [1.54, 1.807) is 11.3 Å². The molecule has 0 saturated carbocycles. The summed E-state index contributed by atoms with van der Waals surface area (Å²) in [5.74, 6) is 0. The molecule has 2 N–H and O–H groups in total. The van der Waals surface area contributed by atoms with E-state index < -0.39 is 10.4 Å². The molecule has 6 nitrogen and oxygen atoms in total. The molecule has 0 aliphatic carbocycles. The van der Waals surface area contributed by atoms with Crippen LogP contribution in [0.2, 0.25) is 0 Å². The minimum Gasteiger partial charge on any atom is -0.870 e. The van der Waals surface area contributed by atoms with Gasteiger partial charge in [0.25, 0.3) is 0 Å². The zero-order valence-electron chi connectivity index (χ0n) is 12.2. The van der Waals surface area contributed by atoms with Crippen LogP contribution in [0, 0.1) is 20.8 Å². The molecule has 0 aliphatic rings. The third-order valence-corrected chi connectivity index (χ3v) is 4.79. The third-order valence-electron chi connectivity index (χ3n) is 3.26. The maximum Gasteiger partial charge on any atom is 0.397 e.